The van der Waals surface area contributed by atoms with E-state index in [1.54, 1.807) is 27.1 Å². The molecule has 0 aliphatic rings. The third kappa shape index (κ3) is 6.06. The van der Waals surface area contributed by atoms with Gasteiger partial charge in [-0.15, -0.1) is 0 Å². The Kier molecular flexibility index (Phi) is 6.01. The molecule has 0 atom stereocenters. The first-order valence-corrected chi connectivity index (χ1v) is 6.99. The number of aromatic nitrogens is 2. The summed E-state index contributed by atoms with van der Waals surface area (Å²) in [6.07, 6.45) is 5.67. The summed E-state index contributed by atoms with van der Waals surface area (Å²) in [6, 6.07) is -0.147. The van der Waals surface area contributed by atoms with Crippen LogP contribution >= 0.6 is 0 Å². The van der Waals surface area contributed by atoms with Crippen molar-refractivity contribution in [2.75, 3.05) is 20.1 Å². The van der Waals surface area contributed by atoms with Gasteiger partial charge in [-0.2, -0.15) is 0 Å². The van der Waals surface area contributed by atoms with Crippen molar-refractivity contribution >= 4 is 6.03 Å². The maximum Gasteiger partial charge on any atom is 0.317 e. The molecule has 1 aromatic rings. The van der Waals surface area contributed by atoms with Crippen molar-refractivity contribution in [2.45, 2.75) is 45.8 Å². The van der Waals surface area contributed by atoms with Crippen LogP contribution in [0.5, 0.6) is 0 Å². The zero-order chi connectivity index (χ0) is 15.2. The van der Waals surface area contributed by atoms with Gasteiger partial charge in [0.05, 0.1) is 12.1 Å². The Morgan fingerprint density at radius 3 is 2.75 bits per heavy atom. The number of hydrogen-bond acceptors (Lipinski definition) is 3. The Morgan fingerprint density at radius 2 is 2.20 bits per heavy atom. The molecule has 0 saturated carbocycles. The lowest BCUT2D eigenvalue weighted by molar-refractivity contribution is 0.0532. The number of nitrogens with zero attached hydrogens (tertiary/aromatic N) is 3. The zero-order valence-corrected chi connectivity index (χ0v) is 12.9. The van der Waals surface area contributed by atoms with Crippen LogP contribution in [0.15, 0.2) is 12.4 Å². The van der Waals surface area contributed by atoms with Crippen LogP contribution in [0.25, 0.3) is 0 Å². The van der Waals surface area contributed by atoms with Crippen molar-refractivity contribution in [1.82, 2.24) is 19.8 Å². The number of likely N-dealkylation sites (N-methyl/N-ethyl adjacent to an activating group) is 1. The van der Waals surface area contributed by atoms with Gasteiger partial charge in [0.2, 0.25) is 0 Å². The van der Waals surface area contributed by atoms with Crippen molar-refractivity contribution in [3.63, 3.8) is 0 Å². The van der Waals surface area contributed by atoms with Gasteiger partial charge in [-0.25, -0.2) is 9.78 Å². The summed E-state index contributed by atoms with van der Waals surface area (Å²) in [5.41, 5.74) is -0.870. The van der Waals surface area contributed by atoms with Crippen LogP contribution in [-0.4, -0.2) is 51.3 Å². The molecule has 1 aromatic heterocycles. The molecule has 2 amide bonds. The molecule has 0 radical (unpaired) electrons. The first-order valence-electron chi connectivity index (χ1n) is 6.99. The van der Waals surface area contributed by atoms with Crippen LogP contribution in [0.3, 0.4) is 0 Å². The Bertz CT molecular complexity index is 423. The van der Waals surface area contributed by atoms with Crippen LogP contribution in [0.1, 0.15) is 32.5 Å². The second-order valence-electron chi connectivity index (χ2n) is 5.78. The minimum atomic E-state index is -0.870. The molecule has 0 aliphatic heterocycles. The standard InChI is InChI=1S/C14H26N4O2/c1-12-15-8-10-18(12)9-6-5-7-16-13(19)17(4)11-14(2,3)20/h8,10,20H,5-7,9,11H2,1-4H3,(H,16,19). The van der Waals surface area contributed by atoms with E-state index in [0.717, 1.165) is 25.2 Å². The molecule has 2 N–H and O–H groups in total. The van der Waals surface area contributed by atoms with Crippen molar-refractivity contribution in [3.05, 3.63) is 18.2 Å². The number of carbonyl (C=O) groups excluding carboxylic acids is 1. The highest BCUT2D eigenvalue weighted by Crippen LogP contribution is 2.03. The third-order valence-corrected chi connectivity index (χ3v) is 3.00. The highest BCUT2D eigenvalue weighted by Gasteiger charge is 2.18. The summed E-state index contributed by atoms with van der Waals surface area (Å²) in [4.78, 5) is 17.4. The molecule has 0 unspecified atom stereocenters. The molecule has 0 saturated heterocycles. The van der Waals surface area contributed by atoms with Crippen molar-refractivity contribution < 1.29 is 9.90 Å². The van der Waals surface area contributed by atoms with Crippen LogP contribution in [0.4, 0.5) is 4.79 Å². The van der Waals surface area contributed by atoms with Gasteiger partial charge in [-0.1, -0.05) is 0 Å². The van der Waals surface area contributed by atoms with E-state index in [4.69, 9.17) is 0 Å². The van der Waals surface area contributed by atoms with Gasteiger partial charge in [0.25, 0.3) is 0 Å². The third-order valence-electron chi connectivity index (χ3n) is 3.00. The van der Waals surface area contributed by atoms with Gasteiger partial charge >= 0.3 is 6.03 Å². The summed E-state index contributed by atoms with van der Waals surface area (Å²) in [7, 11) is 1.68. The summed E-state index contributed by atoms with van der Waals surface area (Å²) in [6.45, 7) is 7.22. The molecule has 0 fully saturated rings. The molecule has 0 spiro atoms. The molecular formula is C14H26N4O2. The highest BCUT2D eigenvalue weighted by molar-refractivity contribution is 5.73. The SMILES string of the molecule is Cc1nccn1CCCCNC(=O)N(C)CC(C)(C)O. The molecule has 1 heterocycles. The quantitative estimate of drug-likeness (QED) is 0.742. The smallest absolute Gasteiger partial charge is 0.317 e. The number of amides is 2. The lowest BCUT2D eigenvalue weighted by atomic mass is 10.1. The first kappa shape index (κ1) is 16.5. The maximum absolute atomic E-state index is 11.8. The normalized spacial score (nSPS) is 11.4. The predicted molar refractivity (Wildman–Crippen MR) is 78.5 cm³/mol. The van der Waals surface area contributed by atoms with Crippen LogP contribution in [-0.2, 0) is 6.54 Å². The molecule has 0 aromatic carbocycles. The van der Waals surface area contributed by atoms with E-state index in [0.29, 0.717) is 13.1 Å². The maximum atomic E-state index is 11.8. The molecular weight excluding hydrogens is 256 g/mol. The molecule has 1 rings (SSSR count). The predicted octanol–water partition coefficient (Wildman–Crippen LogP) is 1.38. The summed E-state index contributed by atoms with van der Waals surface area (Å²) in [5.74, 6) is 1.01. The Morgan fingerprint density at radius 1 is 1.50 bits per heavy atom. The number of unbranched alkanes of at least 4 members (excludes halogenated alkanes) is 1. The van der Waals surface area contributed by atoms with E-state index < -0.39 is 5.60 Å². The van der Waals surface area contributed by atoms with E-state index in [2.05, 4.69) is 14.9 Å². The number of imidazole rings is 1. The fraction of sp³-hybridized carbons (Fsp3) is 0.714. The topological polar surface area (TPSA) is 70.4 Å². The average Bonchev–Trinajstić information content (AvgIpc) is 2.72. The van der Waals surface area contributed by atoms with Gasteiger partial charge in [0.15, 0.2) is 0 Å². The first-order chi connectivity index (χ1) is 9.29. The van der Waals surface area contributed by atoms with Gasteiger partial charge < -0.3 is 19.9 Å². The lowest BCUT2D eigenvalue weighted by Crippen LogP contribution is -2.44. The van der Waals surface area contributed by atoms with E-state index in [1.807, 2.05) is 13.1 Å². The zero-order valence-electron chi connectivity index (χ0n) is 12.9. The summed E-state index contributed by atoms with van der Waals surface area (Å²) >= 11 is 0. The molecule has 6 heteroatoms. The van der Waals surface area contributed by atoms with Crippen molar-refractivity contribution in [3.8, 4) is 0 Å². The van der Waals surface area contributed by atoms with Gasteiger partial charge in [0.1, 0.15) is 5.82 Å². The second kappa shape index (κ2) is 7.28. The summed E-state index contributed by atoms with van der Waals surface area (Å²) < 4.78 is 2.10. The van der Waals surface area contributed by atoms with E-state index in [-0.39, 0.29) is 6.03 Å². The monoisotopic (exact) mass is 282 g/mol. The van der Waals surface area contributed by atoms with Gasteiger partial charge in [-0.05, 0) is 33.6 Å². The molecule has 0 bridgehead atoms. The van der Waals surface area contributed by atoms with Crippen molar-refractivity contribution in [1.29, 1.82) is 0 Å². The minimum Gasteiger partial charge on any atom is -0.389 e. The van der Waals surface area contributed by atoms with Crippen LogP contribution in [0, 0.1) is 6.92 Å². The molecule has 0 aliphatic carbocycles. The lowest BCUT2D eigenvalue weighted by Gasteiger charge is -2.25. The number of urea groups is 1. The number of aryl methyl sites for hydroxylation is 2. The molecule has 6 nitrogen and oxygen atoms in total. The number of rotatable bonds is 7. The van der Waals surface area contributed by atoms with E-state index in [1.165, 1.54) is 4.90 Å². The minimum absolute atomic E-state index is 0.147. The highest BCUT2D eigenvalue weighted by atomic mass is 16.3. The Labute approximate surface area is 120 Å². The van der Waals surface area contributed by atoms with Crippen LogP contribution in [0.2, 0.25) is 0 Å². The second-order valence-corrected chi connectivity index (χ2v) is 5.78. The van der Waals surface area contributed by atoms with Gasteiger partial charge in [-0.3, -0.25) is 0 Å². The fourth-order valence-electron chi connectivity index (χ4n) is 2.03. The summed E-state index contributed by atoms with van der Waals surface area (Å²) in [5, 5.41) is 12.5. The van der Waals surface area contributed by atoms with E-state index >= 15 is 0 Å². The Balaban J connectivity index is 2.15. The van der Waals surface area contributed by atoms with Crippen LogP contribution < -0.4 is 5.32 Å². The Hall–Kier alpha value is -1.56. The number of hydrogen-bond donors (Lipinski definition) is 2. The largest absolute Gasteiger partial charge is 0.389 e. The number of aliphatic hydroxyl groups is 1. The van der Waals surface area contributed by atoms with Crippen molar-refractivity contribution in [2.24, 2.45) is 0 Å². The van der Waals surface area contributed by atoms with Gasteiger partial charge in [0, 0.05) is 32.5 Å². The van der Waals surface area contributed by atoms with E-state index in [9.17, 15) is 9.90 Å². The number of nitrogens with one attached hydrogen (secondary N) is 1. The fourth-order valence-corrected chi connectivity index (χ4v) is 2.03. The average molecular weight is 282 g/mol. The number of carbonyl (C=O) groups is 1. The molecule has 20 heavy (non-hydrogen) atoms. The molecule has 114 valence electrons.